The fraction of sp³-hybridized carbons (Fsp3) is 0.458. The maximum Gasteiger partial charge on any atom is 0.265 e. The van der Waals surface area contributed by atoms with E-state index in [-0.39, 0.29) is 34.0 Å². The molecule has 0 radical (unpaired) electrons. The monoisotopic (exact) mass is 508 g/mol. The van der Waals surface area contributed by atoms with Crippen molar-refractivity contribution < 1.29 is 27.4 Å². The summed E-state index contributed by atoms with van der Waals surface area (Å²) in [6.07, 6.45) is 4.38. The normalized spacial score (nSPS) is 21.2. The summed E-state index contributed by atoms with van der Waals surface area (Å²) in [6, 6.07) is 9.01. The standard InChI is InChI=1S/C24H29ClN2O6S/c1-31-21-8-6-17(25)12-20(21)27(14-24(28)26-19-11-15-4-5-16(19)10-15)34(29,30)18-7-9-22(32-2)23(13-18)33-3/h6-9,12-13,15-16,19H,4-5,10-11,14H2,1-3H3,(H,26,28)/t15-,16+,19-/m1/s1. The van der Waals surface area contributed by atoms with Crippen LogP contribution in [-0.4, -0.2) is 48.2 Å². The fourth-order valence-electron chi connectivity index (χ4n) is 5.07. The van der Waals surface area contributed by atoms with Crippen LogP contribution in [0.1, 0.15) is 25.7 Å². The van der Waals surface area contributed by atoms with Crippen molar-refractivity contribution >= 4 is 33.2 Å². The first-order chi connectivity index (χ1) is 16.3. The molecule has 0 unspecified atom stereocenters. The van der Waals surface area contributed by atoms with E-state index in [2.05, 4.69) is 5.32 Å². The second-order valence-corrected chi connectivity index (χ2v) is 11.0. The molecule has 0 saturated heterocycles. The summed E-state index contributed by atoms with van der Waals surface area (Å²) < 4.78 is 44.6. The van der Waals surface area contributed by atoms with E-state index in [9.17, 15) is 13.2 Å². The van der Waals surface area contributed by atoms with Crippen molar-refractivity contribution in [1.82, 2.24) is 5.32 Å². The Hall–Kier alpha value is -2.65. The Morgan fingerprint density at radius 3 is 2.32 bits per heavy atom. The summed E-state index contributed by atoms with van der Waals surface area (Å²) in [5.41, 5.74) is 0.174. The number of carbonyl (C=O) groups is 1. The summed E-state index contributed by atoms with van der Waals surface area (Å²) in [4.78, 5) is 13.1. The molecule has 1 amide bonds. The van der Waals surface area contributed by atoms with Gasteiger partial charge in [0, 0.05) is 17.1 Å². The van der Waals surface area contributed by atoms with Crippen LogP contribution >= 0.6 is 11.6 Å². The molecular weight excluding hydrogens is 480 g/mol. The SMILES string of the molecule is COc1ccc(S(=O)(=O)N(CC(=O)N[C@@H]2C[C@@H]3CC[C@H]2C3)c2cc(Cl)ccc2OC)cc1OC. The first kappa shape index (κ1) is 24.5. The Balaban J connectivity index is 1.70. The summed E-state index contributed by atoms with van der Waals surface area (Å²) in [5.74, 6) is 1.67. The maximum atomic E-state index is 13.8. The summed E-state index contributed by atoms with van der Waals surface area (Å²) in [6.45, 7) is -0.415. The number of anilines is 1. The Bertz CT molecular complexity index is 1170. The lowest BCUT2D eigenvalue weighted by atomic mass is 9.95. The molecule has 0 spiro atoms. The molecule has 2 aliphatic carbocycles. The van der Waals surface area contributed by atoms with Crippen molar-refractivity contribution in [3.8, 4) is 17.2 Å². The molecular formula is C24H29ClN2O6S. The molecule has 2 saturated carbocycles. The van der Waals surface area contributed by atoms with Crippen molar-refractivity contribution in [1.29, 1.82) is 0 Å². The van der Waals surface area contributed by atoms with Gasteiger partial charge in [0.2, 0.25) is 5.91 Å². The first-order valence-electron chi connectivity index (χ1n) is 11.1. The Morgan fingerprint density at radius 2 is 1.71 bits per heavy atom. The van der Waals surface area contributed by atoms with Crippen LogP contribution in [0.5, 0.6) is 17.2 Å². The number of benzene rings is 2. The van der Waals surface area contributed by atoms with Crippen LogP contribution in [0.15, 0.2) is 41.3 Å². The highest BCUT2D eigenvalue weighted by Gasteiger charge is 2.40. The molecule has 4 rings (SSSR count). The van der Waals surface area contributed by atoms with Gasteiger partial charge in [-0.25, -0.2) is 8.42 Å². The second-order valence-electron chi connectivity index (χ2n) is 8.69. The number of nitrogens with one attached hydrogen (secondary N) is 1. The highest BCUT2D eigenvalue weighted by atomic mass is 35.5. The van der Waals surface area contributed by atoms with E-state index in [1.165, 1.54) is 52.0 Å². The number of sulfonamides is 1. The Morgan fingerprint density at radius 1 is 1.00 bits per heavy atom. The number of amides is 1. The zero-order chi connectivity index (χ0) is 24.5. The van der Waals surface area contributed by atoms with Crippen LogP contribution in [0.4, 0.5) is 5.69 Å². The van der Waals surface area contributed by atoms with E-state index >= 15 is 0 Å². The van der Waals surface area contributed by atoms with E-state index in [0.29, 0.717) is 22.6 Å². The first-order valence-corrected chi connectivity index (χ1v) is 13.0. The predicted octanol–water partition coefficient (Wildman–Crippen LogP) is 3.87. The lowest BCUT2D eigenvalue weighted by molar-refractivity contribution is -0.120. The number of carbonyl (C=O) groups excluding carboxylic acids is 1. The van der Waals surface area contributed by atoms with Crippen molar-refractivity contribution in [3.63, 3.8) is 0 Å². The average Bonchev–Trinajstić information content (AvgIpc) is 3.45. The zero-order valence-electron chi connectivity index (χ0n) is 19.4. The third-order valence-electron chi connectivity index (χ3n) is 6.72. The van der Waals surface area contributed by atoms with E-state index in [4.69, 9.17) is 25.8 Å². The number of ether oxygens (including phenoxy) is 3. The van der Waals surface area contributed by atoms with Crippen LogP contribution in [0.25, 0.3) is 0 Å². The number of fused-ring (bicyclic) bond motifs is 2. The van der Waals surface area contributed by atoms with Gasteiger partial charge in [0.25, 0.3) is 10.0 Å². The molecule has 8 nitrogen and oxygen atoms in total. The van der Waals surface area contributed by atoms with Crippen molar-refractivity contribution in [2.45, 2.75) is 36.6 Å². The molecule has 0 aliphatic heterocycles. The second kappa shape index (κ2) is 9.92. The topological polar surface area (TPSA) is 94.2 Å². The lowest BCUT2D eigenvalue weighted by Crippen LogP contribution is -2.46. The third-order valence-corrected chi connectivity index (χ3v) is 8.72. The molecule has 3 atom stereocenters. The Labute approximate surface area is 205 Å². The molecule has 2 bridgehead atoms. The minimum absolute atomic E-state index is 0.0556. The van der Waals surface area contributed by atoms with Crippen molar-refractivity contribution in [3.05, 3.63) is 41.4 Å². The molecule has 2 aromatic carbocycles. The number of hydrogen-bond donors (Lipinski definition) is 1. The lowest BCUT2D eigenvalue weighted by Gasteiger charge is -2.28. The van der Waals surface area contributed by atoms with Gasteiger partial charge in [-0.15, -0.1) is 0 Å². The quantitative estimate of drug-likeness (QED) is 0.552. The minimum atomic E-state index is -4.20. The van der Waals surface area contributed by atoms with E-state index in [1.807, 2.05) is 0 Å². The van der Waals surface area contributed by atoms with Gasteiger partial charge in [-0.1, -0.05) is 18.0 Å². The third kappa shape index (κ3) is 4.77. The van der Waals surface area contributed by atoms with Gasteiger partial charge < -0.3 is 19.5 Å². The predicted molar refractivity (Wildman–Crippen MR) is 129 cm³/mol. The average molecular weight is 509 g/mol. The molecule has 0 aromatic heterocycles. The van der Waals surface area contributed by atoms with Gasteiger partial charge in [0.1, 0.15) is 12.3 Å². The molecule has 2 aromatic rings. The van der Waals surface area contributed by atoms with Gasteiger partial charge in [0.05, 0.1) is 31.9 Å². The highest BCUT2D eigenvalue weighted by Crippen LogP contribution is 2.44. The number of halogens is 1. The number of methoxy groups -OCH3 is 3. The summed E-state index contributed by atoms with van der Waals surface area (Å²) >= 11 is 6.20. The van der Waals surface area contributed by atoms with Crippen LogP contribution in [0.2, 0.25) is 5.02 Å². The van der Waals surface area contributed by atoms with Gasteiger partial charge >= 0.3 is 0 Å². The number of rotatable bonds is 9. The summed E-state index contributed by atoms with van der Waals surface area (Å²) in [7, 11) is 0.125. The molecule has 1 N–H and O–H groups in total. The maximum absolute atomic E-state index is 13.8. The minimum Gasteiger partial charge on any atom is -0.495 e. The summed E-state index contributed by atoms with van der Waals surface area (Å²) in [5, 5.41) is 3.38. The van der Waals surface area contributed by atoms with Gasteiger partial charge in [-0.2, -0.15) is 0 Å². The molecule has 184 valence electrons. The van der Waals surface area contributed by atoms with Gasteiger partial charge in [0.15, 0.2) is 11.5 Å². The van der Waals surface area contributed by atoms with E-state index < -0.39 is 16.6 Å². The van der Waals surface area contributed by atoms with Gasteiger partial charge in [-0.05, 0) is 61.4 Å². The fourth-order valence-corrected chi connectivity index (χ4v) is 6.67. The van der Waals surface area contributed by atoms with E-state index in [0.717, 1.165) is 23.6 Å². The largest absolute Gasteiger partial charge is 0.495 e. The van der Waals surface area contributed by atoms with Crippen molar-refractivity contribution in [2.75, 3.05) is 32.2 Å². The van der Waals surface area contributed by atoms with Gasteiger partial charge in [-0.3, -0.25) is 9.10 Å². The Kier molecular flexibility index (Phi) is 7.14. The molecule has 0 heterocycles. The zero-order valence-corrected chi connectivity index (χ0v) is 21.0. The number of hydrogen-bond acceptors (Lipinski definition) is 6. The van der Waals surface area contributed by atoms with Crippen LogP contribution < -0.4 is 23.8 Å². The van der Waals surface area contributed by atoms with E-state index in [1.54, 1.807) is 12.1 Å². The molecule has 2 aliphatic rings. The van der Waals surface area contributed by atoms with Crippen molar-refractivity contribution in [2.24, 2.45) is 11.8 Å². The number of nitrogens with zero attached hydrogens (tertiary/aromatic N) is 1. The molecule has 34 heavy (non-hydrogen) atoms. The highest BCUT2D eigenvalue weighted by molar-refractivity contribution is 7.92. The van der Waals surface area contributed by atoms with Crippen LogP contribution in [0, 0.1) is 11.8 Å². The van der Waals surface area contributed by atoms with Crippen LogP contribution in [-0.2, 0) is 14.8 Å². The molecule has 10 heteroatoms. The molecule has 2 fully saturated rings. The van der Waals surface area contributed by atoms with Crippen LogP contribution in [0.3, 0.4) is 0 Å². The smallest absolute Gasteiger partial charge is 0.265 e.